The number of benzene rings is 1. The standard InChI is InChI=1S/C18H12N2O3S/c1-10-4-5-14-12(7-10)16-13(18(22)23-14)8-15(24-16)17(21)20-11-3-2-6-19-9-11/h2-9H,1H3,(H,20,21). The molecule has 1 aromatic carbocycles. The van der Waals surface area contributed by atoms with Crippen LogP contribution in [0.15, 0.2) is 58.0 Å². The Hall–Kier alpha value is -2.99. The van der Waals surface area contributed by atoms with E-state index in [1.807, 2.05) is 19.1 Å². The molecule has 3 heterocycles. The van der Waals surface area contributed by atoms with Crippen molar-refractivity contribution in [1.29, 1.82) is 0 Å². The summed E-state index contributed by atoms with van der Waals surface area (Å²) in [6.45, 7) is 1.97. The minimum Gasteiger partial charge on any atom is -0.422 e. The molecular weight excluding hydrogens is 324 g/mol. The van der Waals surface area contributed by atoms with Crippen LogP contribution in [0.1, 0.15) is 15.2 Å². The molecule has 0 unspecified atom stereocenters. The first kappa shape index (κ1) is 14.6. The molecule has 3 aromatic heterocycles. The van der Waals surface area contributed by atoms with Crippen LogP contribution in [0.3, 0.4) is 0 Å². The number of pyridine rings is 1. The zero-order valence-corrected chi connectivity index (χ0v) is 13.5. The number of amides is 1. The molecule has 0 aliphatic carbocycles. The molecule has 5 nitrogen and oxygen atoms in total. The van der Waals surface area contributed by atoms with Crippen molar-refractivity contribution in [2.75, 3.05) is 5.32 Å². The Morgan fingerprint density at radius 2 is 2.08 bits per heavy atom. The summed E-state index contributed by atoms with van der Waals surface area (Å²) in [7, 11) is 0. The zero-order chi connectivity index (χ0) is 16.7. The minimum absolute atomic E-state index is 0.274. The van der Waals surface area contributed by atoms with Crippen molar-refractivity contribution >= 4 is 44.0 Å². The van der Waals surface area contributed by atoms with Crippen LogP contribution in [0.5, 0.6) is 0 Å². The smallest absolute Gasteiger partial charge is 0.345 e. The molecule has 1 N–H and O–H groups in total. The van der Waals surface area contributed by atoms with E-state index in [1.165, 1.54) is 11.3 Å². The third-order valence-corrected chi connectivity index (χ3v) is 4.84. The third kappa shape index (κ3) is 2.47. The molecule has 1 amide bonds. The number of hydrogen-bond donors (Lipinski definition) is 1. The summed E-state index contributed by atoms with van der Waals surface area (Å²) >= 11 is 1.28. The molecule has 0 aliphatic heterocycles. The lowest BCUT2D eigenvalue weighted by Crippen LogP contribution is -2.10. The fourth-order valence-corrected chi connectivity index (χ4v) is 3.61. The van der Waals surface area contributed by atoms with Crippen molar-refractivity contribution < 1.29 is 9.21 Å². The molecule has 118 valence electrons. The average Bonchev–Trinajstić information content (AvgIpc) is 3.03. The topological polar surface area (TPSA) is 72.2 Å². The second kappa shape index (κ2) is 5.58. The number of rotatable bonds is 2. The van der Waals surface area contributed by atoms with E-state index in [2.05, 4.69) is 10.3 Å². The van der Waals surface area contributed by atoms with Gasteiger partial charge in [0.1, 0.15) is 5.58 Å². The fraction of sp³-hybridized carbons (Fsp3) is 0.0556. The normalized spacial score (nSPS) is 11.0. The predicted octanol–water partition coefficient (Wildman–Crippen LogP) is 3.96. The van der Waals surface area contributed by atoms with Gasteiger partial charge in [0, 0.05) is 11.6 Å². The molecule has 4 aromatic rings. The lowest BCUT2D eigenvalue weighted by atomic mass is 10.1. The predicted molar refractivity (Wildman–Crippen MR) is 94.8 cm³/mol. The van der Waals surface area contributed by atoms with Crippen molar-refractivity contribution in [2.24, 2.45) is 0 Å². The number of nitrogens with zero attached hydrogens (tertiary/aromatic N) is 1. The van der Waals surface area contributed by atoms with Crippen molar-refractivity contribution in [1.82, 2.24) is 4.98 Å². The van der Waals surface area contributed by atoms with Gasteiger partial charge in [-0.05, 0) is 37.3 Å². The van der Waals surface area contributed by atoms with Crippen molar-refractivity contribution in [3.63, 3.8) is 0 Å². The van der Waals surface area contributed by atoms with Gasteiger partial charge in [0.05, 0.1) is 26.8 Å². The molecular formula is C18H12N2O3S. The van der Waals surface area contributed by atoms with E-state index in [0.29, 0.717) is 21.5 Å². The van der Waals surface area contributed by atoms with Crippen molar-refractivity contribution in [3.8, 4) is 0 Å². The number of hydrogen-bond acceptors (Lipinski definition) is 5. The van der Waals surface area contributed by atoms with E-state index < -0.39 is 5.63 Å². The van der Waals surface area contributed by atoms with Gasteiger partial charge in [0.2, 0.25) is 0 Å². The van der Waals surface area contributed by atoms with Crippen molar-refractivity contribution in [3.05, 3.63) is 69.7 Å². The number of fused-ring (bicyclic) bond motifs is 3. The molecule has 24 heavy (non-hydrogen) atoms. The molecule has 0 radical (unpaired) electrons. The molecule has 0 atom stereocenters. The summed E-state index contributed by atoms with van der Waals surface area (Å²) < 4.78 is 6.12. The van der Waals surface area contributed by atoms with Crippen LogP contribution in [-0.2, 0) is 0 Å². The summed E-state index contributed by atoms with van der Waals surface area (Å²) in [6, 6.07) is 10.7. The highest BCUT2D eigenvalue weighted by Crippen LogP contribution is 2.31. The number of nitrogens with one attached hydrogen (secondary N) is 1. The Morgan fingerprint density at radius 3 is 2.88 bits per heavy atom. The second-order valence-corrected chi connectivity index (χ2v) is 6.49. The average molecular weight is 336 g/mol. The SMILES string of the molecule is Cc1ccc2oc(=O)c3cc(C(=O)Nc4cccnc4)sc3c2c1. The van der Waals surface area contributed by atoms with Gasteiger partial charge in [-0.15, -0.1) is 11.3 Å². The summed E-state index contributed by atoms with van der Waals surface area (Å²) in [5.41, 5.74) is 1.76. The first-order valence-electron chi connectivity index (χ1n) is 7.30. The van der Waals surface area contributed by atoms with Crippen LogP contribution < -0.4 is 10.9 Å². The van der Waals surface area contributed by atoms with Gasteiger partial charge in [-0.25, -0.2) is 4.79 Å². The largest absolute Gasteiger partial charge is 0.422 e. The van der Waals surface area contributed by atoms with E-state index in [0.717, 1.165) is 15.6 Å². The highest BCUT2D eigenvalue weighted by Gasteiger charge is 2.16. The molecule has 0 spiro atoms. The number of carbonyl (C=O) groups is 1. The van der Waals surface area contributed by atoms with E-state index >= 15 is 0 Å². The summed E-state index contributed by atoms with van der Waals surface area (Å²) in [6.07, 6.45) is 3.20. The Balaban J connectivity index is 1.84. The molecule has 0 aliphatic rings. The molecule has 0 bridgehead atoms. The van der Waals surface area contributed by atoms with Gasteiger partial charge in [-0.3, -0.25) is 9.78 Å². The summed E-state index contributed by atoms with van der Waals surface area (Å²) in [5.74, 6) is -0.274. The molecule has 0 saturated heterocycles. The molecule has 6 heteroatoms. The quantitative estimate of drug-likeness (QED) is 0.562. The van der Waals surface area contributed by atoms with Gasteiger partial charge in [0.15, 0.2) is 0 Å². The van der Waals surface area contributed by atoms with Crippen LogP contribution >= 0.6 is 11.3 Å². The summed E-state index contributed by atoms with van der Waals surface area (Å²) in [5, 5.41) is 4.04. The van der Waals surface area contributed by atoms with E-state index in [1.54, 1.807) is 36.7 Å². The lowest BCUT2D eigenvalue weighted by Gasteiger charge is -2.01. The van der Waals surface area contributed by atoms with Gasteiger partial charge in [0.25, 0.3) is 5.91 Å². The second-order valence-electron chi connectivity index (χ2n) is 5.44. The maximum Gasteiger partial charge on any atom is 0.345 e. The van der Waals surface area contributed by atoms with Crippen LogP contribution in [-0.4, -0.2) is 10.9 Å². The highest BCUT2D eigenvalue weighted by molar-refractivity contribution is 7.21. The fourth-order valence-electron chi connectivity index (χ4n) is 2.55. The van der Waals surface area contributed by atoms with Crippen LogP contribution in [0.4, 0.5) is 5.69 Å². The van der Waals surface area contributed by atoms with Gasteiger partial charge >= 0.3 is 5.63 Å². The Bertz CT molecular complexity index is 1130. The zero-order valence-electron chi connectivity index (χ0n) is 12.7. The lowest BCUT2D eigenvalue weighted by molar-refractivity contribution is 0.103. The Morgan fingerprint density at radius 1 is 1.21 bits per heavy atom. The Labute approximate surface area is 140 Å². The number of carbonyl (C=O) groups excluding carboxylic acids is 1. The number of aromatic nitrogens is 1. The van der Waals surface area contributed by atoms with Crippen LogP contribution in [0.2, 0.25) is 0 Å². The van der Waals surface area contributed by atoms with Gasteiger partial charge < -0.3 is 9.73 Å². The van der Waals surface area contributed by atoms with Gasteiger partial charge in [-0.2, -0.15) is 0 Å². The van der Waals surface area contributed by atoms with E-state index in [9.17, 15) is 9.59 Å². The Kier molecular flexibility index (Phi) is 3.39. The minimum atomic E-state index is -0.432. The summed E-state index contributed by atoms with van der Waals surface area (Å²) in [4.78, 5) is 29.0. The first-order valence-corrected chi connectivity index (χ1v) is 8.12. The molecule has 0 saturated carbocycles. The van der Waals surface area contributed by atoms with E-state index in [4.69, 9.17) is 4.42 Å². The highest BCUT2D eigenvalue weighted by atomic mass is 32.1. The third-order valence-electron chi connectivity index (χ3n) is 3.68. The first-order chi connectivity index (χ1) is 11.6. The monoisotopic (exact) mass is 336 g/mol. The van der Waals surface area contributed by atoms with Crippen LogP contribution in [0.25, 0.3) is 21.1 Å². The molecule has 4 rings (SSSR count). The number of thiophene rings is 1. The number of anilines is 1. The van der Waals surface area contributed by atoms with Crippen molar-refractivity contribution in [2.45, 2.75) is 6.92 Å². The van der Waals surface area contributed by atoms with Gasteiger partial charge in [-0.1, -0.05) is 11.6 Å². The maximum absolute atomic E-state index is 12.4. The number of aryl methyl sites for hydroxylation is 1. The van der Waals surface area contributed by atoms with E-state index in [-0.39, 0.29) is 5.91 Å². The van der Waals surface area contributed by atoms with Crippen LogP contribution in [0, 0.1) is 6.92 Å². The maximum atomic E-state index is 12.4. The molecule has 0 fully saturated rings.